The molecular weight excluding hydrogens is 384 g/mol. The van der Waals surface area contributed by atoms with Crippen molar-refractivity contribution in [3.05, 3.63) is 36.9 Å². The van der Waals surface area contributed by atoms with Gasteiger partial charge < -0.3 is 19.9 Å². The number of nitrogens with one attached hydrogen (secondary N) is 1. The van der Waals surface area contributed by atoms with Crippen LogP contribution in [-0.2, 0) is 19.6 Å². The summed E-state index contributed by atoms with van der Waals surface area (Å²) in [4.78, 5) is 27.4. The number of carbonyl (C=O) groups is 2. The second-order valence-electron chi connectivity index (χ2n) is 6.49. The number of nitrogens with zero attached hydrogens (tertiary/aromatic N) is 3. The van der Waals surface area contributed by atoms with Crippen molar-refractivity contribution in [2.24, 2.45) is 0 Å². The number of rotatable bonds is 4. The Morgan fingerprint density at radius 3 is 2.11 bits per heavy atom. The van der Waals surface area contributed by atoms with E-state index >= 15 is 0 Å². The Kier molecular flexibility index (Phi) is 6.32. The molecule has 2 saturated heterocycles. The normalized spacial score (nSPS) is 18.6. The fourth-order valence-electron chi connectivity index (χ4n) is 3.13. The van der Waals surface area contributed by atoms with Crippen molar-refractivity contribution in [1.29, 1.82) is 0 Å². The van der Waals surface area contributed by atoms with E-state index in [-0.39, 0.29) is 29.9 Å². The second-order valence-corrected chi connectivity index (χ2v) is 8.43. The monoisotopic (exact) mass is 408 g/mol. The molecule has 0 aromatic heterocycles. The highest BCUT2D eigenvalue weighted by Crippen LogP contribution is 2.20. The van der Waals surface area contributed by atoms with Crippen LogP contribution in [0.3, 0.4) is 0 Å². The van der Waals surface area contributed by atoms with E-state index in [2.05, 4.69) is 11.9 Å². The number of ether oxygens (including phenoxy) is 1. The Hall–Kier alpha value is -2.43. The minimum absolute atomic E-state index is 0.0670. The number of morpholine rings is 1. The number of urea groups is 1. The van der Waals surface area contributed by atoms with Crippen molar-refractivity contribution in [2.75, 3.05) is 57.8 Å². The number of sulfonamides is 1. The summed E-state index contributed by atoms with van der Waals surface area (Å²) in [5.74, 6) is -0.364. The Morgan fingerprint density at radius 1 is 0.964 bits per heavy atom. The lowest BCUT2D eigenvalue weighted by molar-refractivity contribution is -0.111. The zero-order valence-corrected chi connectivity index (χ0v) is 16.4. The van der Waals surface area contributed by atoms with Crippen LogP contribution in [0.5, 0.6) is 0 Å². The fourth-order valence-corrected chi connectivity index (χ4v) is 4.55. The van der Waals surface area contributed by atoms with E-state index in [4.69, 9.17) is 4.74 Å². The van der Waals surface area contributed by atoms with Gasteiger partial charge in [0.2, 0.25) is 15.9 Å². The van der Waals surface area contributed by atoms with Crippen LogP contribution in [0.15, 0.2) is 41.8 Å². The molecule has 9 nitrogen and oxygen atoms in total. The van der Waals surface area contributed by atoms with Gasteiger partial charge in [0.05, 0.1) is 18.1 Å². The number of piperazine rings is 1. The molecule has 10 heteroatoms. The van der Waals surface area contributed by atoms with Gasteiger partial charge in [0.1, 0.15) is 0 Å². The second kappa shape index (κ2) is 8.72. The summed E-state index contributed by atoms with van der Waals surface area (Å²) >= 11 is 0. The van der Waals surface area contributed by atoms with E-state index in [1.165, 1.54) is 28.6 Å². The molecule has 3 rings (SSSR count). The van der Waals surface area contributed by atoms with Crippen LogP contribution in [0, 0.1) is 0 Å². The highest BCUT2D eigenvalue weighted by atomic mass is 32.2. The summed E-state index contributed by atoms with van der Waals surface area (Å²) < 4.78 is 32.3. The molecule has 28 heavy (non-hydrogen) atoms. The fraction of sp³-hybridized carbons (Fsp3) is 0.444. The largest absolute Gasteiger partial charge is 0.378 e. The van der Waals surface area contributed by atoms with Crippen molar-refractivity contribution in [1.82, 2.24) is 14.1 Å². The molecule has 1 N–H and O–H groups in total. The van der Waals surface area contributed by atoms with Crippen LogP contribution in [0.25, 0.3) is 0 Å². The number of anilines is 1. The van der Waals surface area contributed by atoms with E-state index in [0.717, 1.165) is 6.08 Å². The highest BCUT2D eigenvalue weighted by molar-refractivity contribution is 7.89. The van der Waals surface area contributed by atoms with Gasteiger partial charge in [0, 0.05) is 45.0 Å². The highest BCUT2D eigenvalue weighted by Gasteiger charge is 2.32. The Bertz CT molecular complexity index is 826. The van der Waals surface area contributed by atoms with Gasteiger partial charge in [0.25, 0.3) is 0 Å². The molecule has 0 atom stereocenters. The van der Waals surface area contributed by atoms with Crippen molar-refractivity contribution >= 4 is 27.6 Å². The molecular formula is C18H24N4O5S. The Labute approximate surface area is 164 Å². The Balaban J connectivity index is 1.60. The maximum atomic E-state index is 12.8. The van der Waals surface area contributed by atoms with Crippen molar-refractivity contribution < 1.29 is 22.7 Å². The maximum absolute atomic E-state index is 12.8. The average molecular weight is 408 g/mol. The minimum atomic E-state index is -3.66. The van der Waals surface area contributed by atoms with Crippen LogP contribution >= 0.6 is 0 Å². The van der Waals surface area contributed by atoms with Gasteiger partial charge in [-0.15, -0.1) is 0 Å². The number of carbonyl (C=O) groups excluding carboxylic acids is 2. The molecule has 152 valence electrons. The minimum Gasteiger partial charge on any atom is -0.378 e. The van der Waals surface area contributed by atoms with E-state index in [1.54, 1.807) is 9.80 Å². The summed E-state index contributed by atoms with van der Waals surface area (Å²) in [6.45, 7) is 6.74. The van der Waals surface area contributed by atoms with Crippen molar-refractivity contribution in [2.45, 2.75) is 4.90 Å². The number of hydrogen-bond acceptors (Lipinski definition) is 5. The lowest BCUT2D eigenvalue weighted by Crippen LogP contribution is -2.55. The van der Waals surface area contributed by atoms with Crippen LogP contribution in [0.4, 0.5) is 10.5 Å². The Morgan fingerprint density at radius 2 is 1.54 bits per heavy atom. The van der Waals surface area contributed by atoms with E-state index < -0.39 is 10.0 Å². The molecule has 0 aliphatic carbocycles. The molecule has 0 unspecified atom stereocenters. The lowest BCUT2D eigenvalue weighted by Gasteiger charge is -2.38. The SMILES string of the molecule is C=CC(=O)Nc1ccc(S(=O)(=O)N2CCN(C(=O)N3CCOCC3)CC2)cc1. The number of amides is 3. The zero-order valence-electron chi connectivity index (χ0n) is 15.5. The van der Waals surface area contributed by atoms with Crippen molar-refractivity contribution in [3.63, 3.8) is 0 Å². The smallest absolute Gasteiger partial charge is 0.320 e. The van der Waals surface area contributed by atoms with E-state index in [9.17, 15) is 18.0 Å². The van der Waals surface area contributed by atoms with Crippen LogP contribution in [-0.4, -0.2) is 86.9 Å². The van der Waals surface area contributed by atoms with Gasteiger partial charge >= 0.3 is 6.03 Å². The third-order valence-electron chi connectivity index (χ3n) is 4.74. The molecule has 0 radical (unpaired) electrons. The first-order valence-electron chi connectivity index (χ1n) is 9.07. The lowest BCUT2D eigenvalue weighted by atomic mass is 10.3. The van der Waals surface area contributed by atoms with Crippen LogP contribution < -0.4 is 5.32 Å². The van der Waals surface area contributed by atoms with Gasteiger partial charge in [-0.2, -0.15) is 4.31 Å². The van der Waals surface area contributed by atoms with Crippen LogP contribution in [0.2, 0.25) is 0 Å². The summed E-state index contributed by atoms with van der Waals surface area (Å²) in [5.41, 5.74) is 0.491. The summed E-state index contributed by atoms with van der Waals surface area (Å²) in [7, 11) is -3.66. The first kappa shape index (κ1) is 20.3. The van der Waals surface area contributed by atoms with E-state index in [0.29, 0.717) is 45.1 Å². The standard InChI is InChI=1S/C18H24N4O5S/c1-2-17(23)19-15-3-5-16(6-4-15)28(25,26)22-9-7-20(8-10-22)18(24)21-11-13-27-14-12-21/h2-6H,1,7-14H2,(H,19,23). The predicted octanol–water partition coefficient (Wildman–Crippen LogP) is 0.570. The molecule has 1 aromatic rings. The molecule has 1 aromatic carbocycles. The molecule has 3 amide bonds. The van der Waals surface area contributed by atoms with Gasteiger partial charge in [-0.3, -0.25) is 4.79 Å². The van der Waals surface area contributed by atoms with Gasteiger partial charge in [-0.1, -0.05) is 6.58 Å². The quantitative estimate of drug-likeness (QED) is 0.735. The third kappa shape index (κ3) is 4.51. The van der Waals surface area contributed by atoms with Gasteiger partial charge in [-0.25, -0.2) is 13.2 Å². The van der Waals surface area contributed by atoms with E-state index in [1.807, 2.05) is 0 Å². The molecule has 0 spiro atoms. The molecule has 2 fully saturated rings. The first-order valence-corrected chi connectivity index (χ1v) is 10.5. The van der Waals surface area contributed by atoms with Crippen molar-refractivity contribution in [3.8, 4) is 0 Å². The molecule has 2 aliphatic heterocycles. The van der Waals surface area contributed by atoms with Gasteiger partial charge in [-0.05, 0) is 30.3 Å². The maximum Gasteiger partial charge on any atom is 0.320 e. The summed E-state index contributed by atoms with van der Waals surface area (Å²) in [6.07, 6.45) is 1.14. The summed E-state index contributed by atoms with van der Waals surface area (Å²) in [5, 5.41) is 2.58. The van der Waals surface area contributed by atoms with Gasteiger partial charge in [0.15, 0.2) is 0 Å². The van der Waals surface area contributed by atoms with Crippen LogP contribution in [0.1, 0.15) is 0 Å². The number of hydrogen-bond donors (Lipinski definition) is 1. The zero-order chi connectivity index (χ0) is 20.1. The molecule has 2 aliphatic rings. The first-order chi connectivity index (χ1) is 13.4. The molecule has 0 saturated carbocycles. The topological polar surface area (TPSA) is 99.3 Å². The molecule has 0 bridgehead atoms. The average Bonchev–Trinajstić information content (AvgIpc) is 2.74. The third-order valence-corrected chi connectivity index (χ3v) is 6.65. The summed E-state index contributed by atoms with van der Waals surface area (Å²) in [6, 6.07) is 5.92. The predicted molar refractivity (Wildman–Crippen MR) is 103 cm³/mol. The number of benzene rings is 1. The molecule has 2 heterocycles.